The van der Waals surface area contributed by atoms with E-state index in [9.17, 15) is 13.2 Å². The van der Waals surface area contributed by atoms with E-state index in [1.54, 1.807) is 18.2 Å². The van der Waals surface area contributed by atoms with E-state index in [-0.39, 0.29) is 23.6 Å². The van der Waals surface area contributed by atoms with Crippen LogP contribution in [0.4, 0.5) is 0 Å². The maximum atomic E-state index is 12.4. The molecule has 0 aromatic heterocycles. The molecule has 1 aliphatic heterocycles. The lowest BCUT2D eigenvalue weighted by Gasteiger charge is -2.28. The quantitative estimate of drug-likeness (QED) is 0.809. The molecular weight excluding hydrogens is 312 g/mol. The Bertz CT molecular complexity index is 738. The topological polar surface area (TPSA) is 75.3 Å². The van der Waals surface area contributed by atoms with Crippen LogP contribution in [0, 0.1) is 5.92 Å². The number of carbonyl (C=O) groups is 1. The molecule has 5 nitrogen and oxygen atoms in total. The number of carbonyl (C=O) groups excluding carboxylic acids is 1. The zero-order valence-electron chi connectivity index (χ0n) is 13.4. The van der Waals surface area contributed by atoms with Crippen LogP contribution in [0.5, 0.6) is 0 Å². The van der Waals surface area contributed by atoms with Gasteiger partial charge in [0, 0.05) is 12.5 Å². The first kappa shape index (κ1) is 17.4. The molecule has 1 aromatic rings. The number of hydrogen-bond donors (Lipinski definition) is 2. The van der Waals surface area contributed by atoms with Crippen LogP contribution in [0.3, 0.4) is 0 Å². The summed E-state index contributed by atoms with van der Waals surface area (Å²) in [5.41, 5.74) is 7.12. The minimum atomic E-state index is -3.40. The normalized spacial score (nSPS) is 22.5. The first-order chi connectivity index (χ1) is 10.8. The van der Waals surface area contributed by atoms with Crippen LogP contribution in [-0.2, 0) is 14.6 Å². The summed E-state index contributed by atoms with van der Waals surface area (Å²) in [7, 11) is -3.40. The Morgan fingerprint density at radius 2 is 2.09 bits per heavy atom. The van der Waals surface area contributed by atoms with Crippen molar-refractivity contribution < 1.29 is 13.2 Å². The Morgan fingerprint density at radius 3 is 2.74 bits per heavy atom. The summed E-state index contributed by atoms with van der Waals surface area (Å²) < 4.78 is 24.8. The Labute approximate surface area is 137 Å². The molecule has 1 amide bonds. The van der Waals surface area contributed by atoms with E-state index in [0.717, 1.165) is 5.57 Å². The van der Waals surface area contributed by atoms with Gasteiger partial charge >= 0.3 is 0 Å². The highest BCUT2D eigenvalue weighted by Gasteiger charge is 2.24. The summed E-state index contributed by atoms with van der Waals surface area (Å²) in [5.74, 6) is 0.00947. The predicted octanol–water partition coefficient (Wildman–Crippen LogP) is 2.08. The van der Waals surface area contributed by atoms with Crippen LogP contribution in [0.25, 0.3) is 5.57 Å². The first-order valence-corrected chi connectivity index (χ1v) is 9.16. The molecule has 1 heterocycles. The Balaban J connectivity index is 2.36. The van der Waals surface area contributed by atoms with Gasteiger partial charge in [-0.3, -0.25) is 10.2 Å². The van der Waals surface area contributed by atoms with E-state index >= 15 is 0 Å². The largest absolute Gasteiger partial charge is 0.291 e. The van der Waals surface area contributed by atoms with Crippen LogP contribution in [-0.4, -0.2) is 26.1 Å². The molecule has 2 rings (SSSR count). The number of hydrazine groups is 1. The maximum Gasteiger partial charge on any atom is 0.234 e. The number of rotatable bonds is 5. The summed E-state index contributed by atoms with van der Waals surface area (Å²) >= 11 is 0. The highest BCUT2D eigenvalue weighted by molar-refractivity contribution is 7.91. The highest BCUT2D eigenvalue weighted by atomic mass is 32.2. The van der Waals surface area contributed by atoms with E-state index < -0.39 is 9.84 Å². The third-order valence-corrected chi connectivity index (χ3v) is 5.61. The fourth-order valence-corrected chi connectivity index (χ4v) is 3.99. The van der Waals surface area contributed by atoms with Crippen molar-refractivity contribution in [2.24, 2.45) is 5.92 Å². The van der Waals surface area contributed by atoms with Crippen LogP contribution < -0.4 is 10.9 Å². The van der Waals surface area contributed by atoms with Crippen molar-refractivity contribution in [1.29, 1.82) is 0 Å². The Hall–Kier alpha value is -1.92. The molecular formula is C17H22N2O3S. The Kier molecular flexibility index (Phi) is 5.38. The molecule has 23 heavy (non-hydrogen) atoms. The number of benzene rings is 1. The van der Waals surface area contributed by atoms with Crippen molar-refractivity contribution >= 4 is 21.3 Å². The van der Waals surface area contributed by atoms with Gasteiger partial charge in [-0.25, -0.2) is 13.8 Å². The number of hydrogen-bond acceptors (Lipinski definition) is 4. The second-order valence-electron chi connectivity index (χ2n) is 5.82. The highest BCUT2D eigenvalue weighted by Crippen LogP contribution is 2.26. The van der Waals surface area contributed by atoms with E-state index in [0.29, 0.717) is 16.9 Å². The van der Waals surface area contributed by atoms with Crippen molar-refractivity contribution in [1.82, 2.24) is 10.9 Å². The minimum absolute atomic E-state index is 0.0336. The lowest BCUT2D eigenvalue weighted by Crippen LogP contribution is -2.52. The molecule has 124 valence electrons. The molecule has 1 aromatic carbocycles. The van der Waals surface area contributed by atoms with Crippen LogP contribution >= 0.6 is 0 Å². The number of allylic oxidation sites excluding steroid dienone is 1. The number of amides is 1. The summed E-state index contributed by atoms with van der Waals surface area (Å²) in [4.78, 5) is 11.7. The summed E-state index contributed by atoms with van der Waals surface area (Å²) in [6.45, 7) is 7.38. The predicted molar refractivity (Wildman–Crippen MR) is 91.2 cm³/mol. The summed E-state index contributed by atoms with van der Waals surface area (Å²) in [6.07, 6.45) is 3.80. The number of nitrogens with one attached hydrogen (secondary N) is 2. The summed E-state index contributed by atoms with van der Waals surface area (Å²) in [6, 6.07) is 6.91. The van der Waals surface area contributed by atoms with E-state index in [4.69, 9.17) is 0 Å². The van der Waals surface area contributed by atoms with E-state index in [1.807, 2.05) is 26.0 Å². The third kappa shape index (κ3) is 4.09. The average molecular weight is 334 g/mol. The van der Waals surface area contributed by atoms with Crippen LogP contribution in [0.2, 0.25) is 0 Å². The van der Waals surface area contributed by atoms with Crippen molar-refractivity contribution in [3.63, 3.8) is 0 Å². The Morgan fingerprint density at radius 1 is 1.39 bits per heavy atom. The summed E-state index contributed by atoms with van der Waals surface area (Å²) in [5, 5.41) is 0. The second-order valence-corrected chi connectivity index (χ2v) is 7.82. The van der Waals surface area contributed by atoms with Gasteiger partial charge in [-0.1, -0.05) is 37.3 Å². The molecule has 0 aliphatic carbocycles. The fraction of sp³-hybridized carbons (Fsp3) is 0.353. The smallest absolute Gasteiger partial charge is 0.234 e. The molecule has 0 saturated carbocycles. The number of sulfone groups is 1. The van der Waals surface area contributed by atoms with Gasteiger partial charge in [0.2, 0.25) is 5.91 Å². The molecule has 6 heteroatoms. The van der Waals surface area contributed by atoms with Crippen molar-refractivity contribution in [2.75, 3.05) is 5.75 Å². The van der Waals surface area contributed by atoms with Crippen LogP contribution in [0.15, 0.2) is 47.9 Å². The maximum absolute atomic E-state index is 12.4. The monoisotopic (exact) mass is 334 g/mol. The van der Waals surface area contributed by atoms with Gasteiger partial charge in [0.05, 0.1) is 10.6 Å². The van der Waals surface area contributed by atoms with E-state index in [1.165, 1.54) is 6.08 Å². The van der Waals surface area contributed by atoms with Gasteiger partial charge in [-0.05, 0) is 30.0 Å². The van der Waals surface area contributed by atoms with Gasteiger partial charge in [-0.2, -0.15) is 0 Å². The van der Waals surface area contributed by atoms with E-state index in [2.05, 4.69) is 17.4 Å². The second kappa shape index (κ2) is 7.10. The molecule has 2 atom stereocenters. The lowest BCUT2D eigenvalue weighted by atomic mass is 9.93. The minimum Gasteiger partial charge on any atom is -0.291 e. The zero-order valence-corrected chi connectivity index (χ0v) is 14.2. The molecule has 1 aliphatic rings. The third-order valence-electron chi connectivity index (χ3n) is 3.91. The zero-order chi connectivity index (χ0) is 17.0. The molecule has 2 N–H and O–H groups in total. The molecule has 0 radical (unpaired) electrons. The van der Waals surface area contributed by atoms with Gasteiger partial charge < -0.3 is 0 Å². The molecule has 0 spiro atoms. The molecule has 2 unspecified atom stereocenters. The lowest BCUT2D eigenvalue weighted by molar-refractivity contribution is -0.125. The molecule has 0 bridgehead atoms. The van der Waals surface area contributed by atoms with Gasteiger partial charge in [0.25, 0.3) is 0 Å². The van der Waals surface area contributed by atoms with Gasteiger partial charge in [-0.15, -0.1) is 6.58 Å². The van der Waals surface area contributed by atoms with Crippen molar-refractivity contribution in [3.05, 3.63) is 48.6 Å². The first-order valence-electron chi connectivity index (χ1n) is 7.51. The van der Waals surface area contributed by atoms with Crippen molar-refractivity contribution in [3.8, 4) is 0 Å². The molecule has 1 fully saturated rings. The molecule has 1 saturated heterocycles. The van der Waals surface area contributed by atoms with Crippen molar-refractivity contribution in [2.45, 2.75) is 31.2 Å². The average Bonchev–Trinajstić information content (AvgIpc) is 2.50. The van der Waals surface area contributed by atoms with Crippen LogP contribution in [0.1, 0.15) is 25.8 Å². The van der Waals surface area contributed by atoms with Gasteiger partial charge in [0.15, 0.2) is 9.84 Å². The SMILES string of the molecule is C=CCS(=O)(=O)c1ccccc1/C(C)=C/C1NNC(=O)CC1C. The van der Waals surface area contributed by atoms with Gasteiger partial charge in [0.1, 0.15) is 0 Å². The fourth-order valence-electron chi connectivity index (χ4n) is 2.65. The standard InChI is InChI=1S/C17H22N2O3S/c1-4-9-23(21,22)16-8-6-5-7-14(16)12(2)10-15-13(3)11-17(20)19-18-15/h4-8,10,13,15,18H,1,9,11H2,2-3H3,(H,19,20)/b12-10+.